The van der Waals surface area contributed by atoms with Crippen molar-refractivity contribution in [2.45, 2.75) is 52.7 Å². The molecule has 0 bridgehead atoms. The number of anilines is 2. The van der Waals surface area contributed by atoms with Gasteiger partial charge in [0.05, 0.1) is 18.2 Å². The highest BCUT2D eigenvalue weighted by atomic mass is 16.6. The summed E-state index contributed by atoms with van der Waals surface area (Å²) < 4.78 is 16.0. The summed E-state index contributed by atoms with van der Waals surface area (Å²) in [7, 11) is 0. The second-order valence-electron chi connectivity index (χ2n) is 9.74. The van der Waals surface area contributed by atoms with Crippen LogP contribution in [0.25, 0.3) is 10.9 Å². The zero-order valence-electron chi connectivity index (χ0n) is 22.0. The highest BCUT2D eigenvalue weighted by molar-refractivity contribution is 5.90. The summed E-state index contributed by atoms with van der Waals surface area (Å²) in [5, 5.41) is 3.85. The third-order valence-corrected chi connectivity index (χ3v) is 5.84. The maximum Gasteiger partial charge on any atom is 0.408 e. The van der Waals surface area contributed by atoms with Crippen LogP contribution in [0.3, 0.4) is 0 Å². The summed E-state index contributed by atoms with van der Waals surface area (Å²) in [6, 6.07) is 7.85. The Bertz CT molecular complexity index is 1250. The zero-order valence-corrected chi connectivity index (χ0v) is 22.0. The first kappa shape index (κ1) is 26.2. The number of alkyl carbamates (subject to hydrolysis) is 1. The van der Waals surface area contributed by atoms with Gasteiger partial charge < -0.3 is 29.0 Å². The third kappa shape index (κ3) is 6.28. The molecule has 3 aromatic rings. The molecular weight excluding hydrogens is 476 g/mol. The summed E-state index contributed by atoms with van der Waals surface area (Å²) in [5.41, 5.74) is 0.368. The van der Waals surface area contributed by atoms with Gasteiger partial charge in [-0.2, -0.15) is 4.98 Å². The number of oxazole rings is 1. The zero-order chi connectivity index (χ0) is 26.6. The van der Waals surface area contributed by atoms with E-state index in [0.717, 1.165) is 16.7 Å². The monoisotopic (exact) mass is 510 g/mol. The van der Waals surface area contributed by atoms with Crippen molar-refractivity contribution in [3.8, 4) is 0 Å². The Morgan fingerprint density at radius 1 is 1.05 bits per heavy atom. The van der Waals surface area contributed by atoms with E-state index < -0.39 is 23.7 Å². The van der Waals surface area contributed by atoms with Gasteiger partial charge in [0.2, 0.25) is 0 Å². The number of para-hydroxylation sites is 1. The number of nitrogens with zero attached hydrogens (tertiary/aromatic N) is 5. The maximum absolute atomic E-state index is 12.5. The largest absolute Gasteiger partial charge is 0.461 e. The Hall–Kier alpha value is -3.89. The average Bonchev–Trinajstić information content (AvgIpc) is 3.36. The van der Waals surface area contributed by atoms with Crippen molar-refractivity contribution in [3.63, 3.8) is 0 Å². The minimum absolute atomic E-state index is 0.161. The molecular formula is C26H34N6O5. The molecule has 1 N–H and O–H groups in total. The van der Waals surface area contributed by atoms with Crippen molar-refractivity contribution in [1.82, 2.24) is 20.3 Å². The fourth-order valence-electron chi connectivity index (χ4n) is 4.09. The van der Waals surface area contributed by atoms with Crippen LogP contribution in [-0.2, 0) is 9.47 Å². The van der Waals surface area contributed by atoms with Crippen LogP contribution < -0.4 is 15.1 Å². The Balaban J connectivity index is 1.53. The number of carbonyl (C=O) groups is 2. The molecule has 1 amide bonds. The van der Waals surface area contributed by atoms with Crippen LogP contribution in [0, 0.1) is 0 Å². The van der Waals surface area contributed by atoms with Crippen LogP contribution in [0.1, 0.15) is 63.4 Å². The van der Waals surface area contributed by atoms with Gasteiger partial charge in [-0.25, -0.2) is 19.6 Å². The molecule has 0 saturated carbocycles. The molecule has 11 heteroatoms. The number of fused-ring (bicyclic) bond motifs is 1. The van der Waals surface area contributed by atoms with E-state index in [0.29, 0.717) is 44.4 Å². The van der Waals surface area contributed by atoms with Gasteiger partial charge in [0.15, 0.2) is 11.5 Å². The van der Waals surface area contributed by atoms with Gasteiger partial charge in [-0.15, -0.1) is 0 Å². The second kappa shape index (κ2) is 11.0. The predicted molar refractivity (Wildman–Crippen MR) is 139 cm³/mol. The van der Waals surface area contributed by atoms with E-state index in [2.05, 4.69) is 15.2 Å². The lowest BCUT2D eigenvalue weighted by Crippen LogP contribution is -2.47. The van der Waals surface area contributed by atoms with Gasteiger partial charge in [0.25, 0.3) is 6.01 Å². The molecule has 0 spiro atoms. The molecule has 1 aliphatic heterocycles. The molecule has 37 heavy (non-hydrogen) atoms. The molecule has 1 atom stereocenters. The first-order valence-electron chi connectivity index (χ1n) is 12.6. The lowest BCUT2D eigenvalue weighted by atomic mass is 10.1. The maximum atomic E-state index is 12.5. The molecule has 2 aromatic heterocycles. The molecule has 1 fully saturated rings. The van der Waals surface area contributed by atoms with E-state index in [1.165, 1.54) is 6.26 Å². The van der Waals surface area contributed by atoms with E-state index in [4.69, 9.17) is 23.9 Å². The van der Waals surface area contributed by atoms with Gasteiger partial charge in [-0.05, 0) is 46.2 Å². The van der Waals surface area contributed by atoms with Gasteiger partial charge in [-0.1, -0.05) is 19.1 Å². The van der Waals surface area contributed by atoms with Crippen molar-refractivity contribution in [2.24, 2.45) is 0 Å². The number of aromatic nitrogens is 3. The third-order valence-electron chi connectivity index (χ3n) is 5.84. The highest BCUT2D eigenvalue weighted by Crippen LogP contribution is 2.28. The standard InChI is InChI=1S/C26H34N6O5/c1-6-18(29-25(34)37-26(3,4)5)21-27-19-11-9-8-10-17(19)22(30-21)31-12-14-32(15-13-31)24-28-20(16-36-24)23(33)35-7-2/h8-11,16,18H,6-7,12-15H2,1-5H3,(H,29,34)/t18-/m0/s1. The summed E-state index contributed by atoms with van der Waals surface area (Å²) >= 11 is 0. The van der Waals surface area contributed by atoms with Gasteiger partial charge in [-0.3, -0.25) is 0 Å². The Labute approximate surface area is 216 Å². The van der Waals surface area contributed by atoms with Crippen LogP contribution in [-0.4, -0.2) is 65.4 Å². The first-order valence-corrected chi connectivity index (χ1v) is 12.6. The van der Waals surface area contributed by atoms with E-state index in [-0.39, 0.29) is 12.3 Å². The quantitative estimate of drug-likeness (QED) is 0.465. The molecule has 3 heterocycles. The van der Waals surface area contributed by atoms with E-state index >= 15 is 0 Å². The molecule has 0 radical (unpaired) electrons. The minimum atomic E-state index is -0.600. The van der Waals surface area contributed by atoms with Gasteiger partial charge >= 0.3 is 12.1 Å². The molecule has 11 nitrogen and oxygen atoms in total. The SMILES string of the molecule is CCOC(=O)c1coc(N2CCN(c3nc([C@H](CC)NC(=O)OC(C)(C)C)nc4ccccc34)CC2)n1. The molecule has 0 aliphatic carbocycles. The molecule has 0 unspecified atom stereocenters. The molecule has 1 aliphatic rings. The van der Waals surface area contributed by atoms with Crippen molar-refractivity contribution in [1.29, 1.82) is 0 Å². The van der Waals surface area contributed by atoms with Crippen molar-refractivity contribution >= 4 is 34.8 Å². The normalized spacial score (nSPS) is 14.9. The molecule has 1 saturated heterocycles. The molecule has 4 rings (SSSR count). The Morgan fingerprint density at radius 3 is 2.43 bits per heavy atom. The number of rotatable bonds is 7. The number of esters is 1. The van der Waals surface area contributed by atoms with Gasteiger partial charge in [0, 0.05) is 31.6 Å². The fraction of sp³-hybridized carbons (Fsp3) is 0.500. The molecule has 1 aromatic carbocycles. The first-order chi connectivity index (χ1) is 17.7. The number of nitrogens with one attached hydrogen (secondary N) is 1. The summed E-state index contributed by atoms with van der Waals surface area (Å²) in [5.74, 6) is 0.849. The predicted octanol–water partition coefficient (Wildman–Crippen LogP) is 4.10. The average molecular weight is 511 g/mol. The van der Waals surface area contributed by atoms with Gasteiger partial charge in [0.1, 0.15) is 17.7 Å². The minimum Gasteiger partial charge on any atom is -0.461 e. The lowest BCUT2D eigenvalue weighted by Gasteiger charge is -2.35. The van der Waals surface area contributed by atoms with Crippen molar-refractivity contribution in [2.75, 3.05) is 42.6 Å². The summed E-state index contributed by atoms with van der Waals surface area (Å²) in [4.78, 5) is 42.5. The smallest absolute Gasteiger partial charge is 0.408 e. The Morgan fingerprint density at radius 2 is 1.76 bits per heavy atom. The number of piperazine rings is 1. The topological polar surface area (TPSA) is 123 Å². The van der Waals surface area contributed by atoms with Crippen LogP contribution in [0.5, 0.6) is 0 Å². The second-order valence-corrected chi connectivity index (χ2v) is 9.74. The number of carbonyl (C=O) groups excluding carboxylic acids is 2. The molecule has 198 valence electrons. The van der Waals surface area contributed by atoms with E-state index in [1.807, 2.05) is 56.9 Å². The fourth-order valence-corrected chi connectivity index (χ4v) is 4.09. The van der Waals surface area contributed by atoms with Crippen molar-refractivity contribution < 1.29 is 23.5 Å². The van der Waals surface area contributed by atoms with Crippen LogP contribution in [0.4, 0.5) is 16.6 Å². The number of amides is 1. The highest BCUT2D eigenvalue weighted by Gasteiger charge is 2.27. The van der Waals surface area contributed by atoms with E-state index in [9.17, 15) is 9.59 Å². The lowest BCUT2D eigenvalue weighted by molar-refractivity contribution is 0.0495. The number of hydrogen-bond donors (Lipinski definition) is 1. The van der Waals surface area contributed by atoms with Crippen LogP contribution >= 0.6 is 0 Å². The number of ether oxygens (including phenoxy) is 2. The van der Waals surface area contributed by atoms with Crippen LogP contribution in [0.15, 0.2) is 34.9 Å². The van der Waals surface area contributed by atoms with Crippen molar-refractivity contribution in [3.05, 3.63) is 42.0 Å². The number of benzene rings is 1. The summed E-state index contributed by atoms with van der Waals surface area (Å²) in [6.45, 7) is 12.1. The van der Waals surface area contributed by atoms with Crippen LogP contribution in [0.2, 0.25) is 0 Å². The van der Waals surface area contributed by atoms with E-state index in [1.54, 1.807) is 6.92 Å². The summed E-state index contributed by atoms with van der Waals surface area (Å²) in [6.07, 6.45) is 1.43. The Kier molecular flexibility index (Phi) is 7.80. The number of hydrogen-bond acceptors (Lipinski definition) is 10.